The molecular formula is C14H21BrN2O2S2. The van der Waals surface area contributed by atoms with Gasteiger partial charge in [-0.1, -0.05) is 12.5 Å². The molecule has 1 aliphatic rings. The van der Waals surface area contributed by atoms with Crippen molar-refractivity contribution >= 4 is 37.7 Å². The fourth-order valence-electron chi connectivity index (χ4n) is 2.68. The molecule has 2 rings (SSSR count). The van der Waals surface area contributed by atoms with Gasteiger partial charge in [0.15, 0.2) is 0 Å². The molecule has 0 heterocycles. The molecule has 1 aliphatic carbocycles. The molecule has 0 saturated heterocycles. The number of thioether (sulfide) groups is 1. The number of sulfonamides is 1. The average Bonchev–Trinajstić information content (AvgIpc) is 2.85. The van der Waals surface area contributed by atoms with Crippen LogP contribution in [0.15, 0.2) is 27.6 Å². The molecule has 2 atom stereocenters. The fraction of sp³-hybridized carbons (Fsp3) is 0.571. The van der Waals surface area contributed by atoms with Crippen molar-refractivity contribution < 1.29 is 8.42 Å². The second-order valence-corrected chi connectivity index (χ2v) is 8.84. The molecule has 1 saturated carbocycles. The van der Waals surface area contributed by atoms with Crippen LogP contribution < -0.4 is 10.0 Å². The van der Waals surface area contributed by atoms with E-state index in [0.717, 1.165) is 24.8 Å². The first-order valence-electron chi connectivity index (χ1n) is 6.96. The molecule has 4 nitrogen and oxygen atoms in total. The summed E-state index contributed by atoms with van der Waals surface area (Å²) in [5, 5.41) is 3.43. The third kappa shape index (κ3) is 4.22. The topological polar surface area (TPSA) is 58.2 Å². The maximum absolute atomic E-state index is 12.6. The van der Waals surface area contributed by atoms with Crippen molar-refractivity contribution in [3.8, 4) is 0 Å². The highest BCUT2D eigenvalue weighted by atomic mass is 79.9. The van der Waals surface area contributed by atoms with Gasteiger partial charge in [0.25, 0.3) is 0 Å². The Labute approximate surface area is 139 Å². The molecule has 0 spiro atoms. The number of halogens is 1. The SMILES string of the molecule is CNCc1ccc(S(=O)(=O)NC2CCCC2SC)c(Br)c1. The molecule has 0 bridgehead atoms. The van der Waals surface area contributed by atoms with Crippen LogP contribution in [0.3, 0.4) is 0 Å². The van der Waals surface area contributed by atoms with Crippen LogP contribution in [0.1, 0.15) is 24.8 Å². The summed E-state index contributed by atoms with van der Waals surface area (Å²) in [6.45, 7) is 0.712. The van der Waals surface area contributed by atoms with Crippen molar-refractivity contribution in [1.82, 2.24) is 10.0 Å². The standard InChI is InChI=1S/C14H21BrN2O2S2/c1-16-9-10-6-7-14(11(15)8-10)21(18,19)17-12-4-3-5-13(12)20-2/h6-8,12-13,16-17H,3-5,9H2,1-2H3. The molecule has 2 N–H and O–H groups in total. The van der Waals surface area contributed by atoms with Gasteiger partial charge in [0.2, 0.25) is 10.0 Å². The van der Waals surface area contributed by atoms with Gasteiger partial charge >= 0.3 is 0 Å². The van der Waals surface area contributed by atoms with Gasteiger partial charge in [0.1, 0.15) is 0 Å². The van der Waals surface area contributed by atoms with Crippen LogP contribution in [-0.4, -0.2) is 33.0 Å². The Balaban J connectivity index is 2.19. The fourth-order valence-corrected chi connectivity index (χ4v) is 6.14. The largest absolute Gasteiger partial charge is 0.316 e. The smallest absolute Gasteiger partial charge is 0.241 e. The van der Waals surface area contributed by atoms with Gasteiger partial charge in [-0.25, -0.2) is 13.1 Å². The van der Waals surface area contributed by atoms with Crippen molar-refractivity contribution in [2.24, 2.45) is 0 Å². The predicted octanol–water partition coefficient (Wildman–Crippen LogP) is 2.73. The van der Waals surface area contributed by atoms with Gasteiger partial charge in [-0.3, -0.25) is 0 Å². The van der Waals surface area contributed by atoms with Crippen LogP contribution in [0, 0.1) is 0 Å². The Kier molecular flexibility index (Phi) is 6.14. The molecule has 21 heavy (non-hydrogen) atoms. The lowest BCUT2D eigenvalue weighted by Gasteiger charge is -2.19. The minimum atomic E-state index is -3.48. The van der Waals surface area contributed by atoms with E-state index in [1.807, 2.05) is 25.4 Å². The summed E-state index contributed by atoms with van der Waals surface area (Å²) in [4.78, 5) is 0.314. The van der Waals surface area contributed by atoms with Crippen molar-refractivity contribution in [2.75, 3.05) is 13.3 Å². The number of hydrogen-bond donors (Lipinski definition) is 2. The second-order valence-electron chi connectivity index (χ2n) is 5.23. The van der Waals surface area contributed by atoms with Crippen LogP contribution in [0.4, 0.5) is 0 Å². The van der Waals surface area contributed by atoms with Crippen LogP contribution >= 0.6 is 27.7 Å². The van der Waals surface area contributed by atoms with Gasteiger partial charge < -0.3 is 5.32 Å². The lowest BCUT2D eigenvalue weighted by molar-refractivity contribution is 0.554. The zero-order valence-electron chi connectivity index (χ0n) is 12.2. The van der Waals surface area contributed by atoms with Crippen molar-refractivity contribution in [3.63, 3.8) is 0 Å². The predicted molar refractivity (Wildman–Crippen MR) is 92.2 cm³/mol. The van der Waals surface area contributed by atoms with Gasteiger partial charge in [-0.15, -0.1) is 0 Å². The van der Waals surface area contributed by atoms with Crippen molar-refractivity contribution in [3.05, 3.63) is 28.2 Å². The van der Waals surface area contributed by atoms with Crippen LogP contribution in [0.2, 0.25) is 0 Å². The minimum Gasteiger partial charge on any atom is -0.316 e. The van der Waals surface area contributed by atoms with Crippen molar-refractivity contribution in [1.29, 1.82) is 0 Å². The van der Waals surface area contributed by atoms with Crippen LogP contribution in [0.25, 0.3) is 0 Å². The Morgan fingerprint density at radius 2 is 2.14 bits per heavy atom. The highest BCUT2D eigenvalue weighted by molar-refractivity contribution is 9.10. The van der Waals surface area contributed by atoms with E-state index in [1.165, 1.54) is 0 Å². The first-order valence-corrected chi connectivity index (χ1v) is 10.5. The van der Waals surface area contributed by atoms with E-state index in [1.54, 1.807) is 17.8 Å². The average molecular weight is 393 g/mol. The lowest BCUT2D eigenvalue weighted by atomic mass is 10.2. The van der Waals surface area contributed by atoms with Gasteiger partial charge in [-0.2, -0.15) is 11.8 Å². The summed E-state index contributed by atoms with van der Waals surface area (Å²) in [6.07, 6.45) is 5.12. The Bertz CT molecular complexity index is 593. The third-order valence-electron chi connectivity index (χ3n) is 3.73. The number of benzene rings is 1. The minimum absolute atomic E-state index is 0.0360. The quantitative estimate of drug-likeness (QED) is 0.781. The third-order valence-corrected chi connectivity index (χ3v) is 7.36. The molecule has 1 aromatic carbocycles. The maximum atomic E-state index is 12.6. The molecule has 0 radical (unpaired) electrons. The number of hydrogen-bond acceptors (Lipinski definition) is 4. The van der Waals surface area contributed by atoms with E-state index in [4.69, 9.17) is 0 Å². The normalized spacial score (nSPS) is 22.6. The Morgan fingerprint density at radius 1 is 1.38 bits per heavy atom. The second kappa shape index (κ2) is 7.46. The first kappa shape index (κ1) is 17.3. The Hall–Kier alpha value is -0.0800. The van der Waals surface area contributed by atoms with E-state index >= 15 is 0 Å². The zero-order valence-corrected chi connectivity index (χ0v) is 15.4. The zero-order chi connectivity index (χ0) is 15.5. The molecule has 118 valence electrons. The summed E-state index contributed by atoms with van der Waals surface area (Å²) in [5.74, 6) is 0. The highest BCUT2D eigenvalue weighted by Crippen LogP contribution is 2.30. The maximum Gasteiger partial charge on any atom is 0.241 e. The summed E-state index contributed by atoms with van der Waals surface area (Å²) in [7, 11) is -1.62. The molecule has 0 aromatic heterocycles. The van der Waals surface area contributed by atoms with E-state index in [9.17, 15) is 8.42 Å². The summed E-state index contributed by atoms with van der Waals surface area (Å²) >= 11 is 5.13. The van der Waals surface area contributed by atoms with E-state index in [2.05, 4.69) is 26.0 Å². The van der Waals surface area contributed by atoms with Gasteiger partial charge in [-0.05, 0) is 59.8 Å². The molecule has 7 heteroatoms. The van der Waals surface area contributed by atoms with E-state index < -0.39 is 10.0 Å². The molecule has 1 aromatic rings. The summed E-state index contributed by atoms with van der Waals surface area (Å²) < 4.78 is 28.6. The van der Waals surface area contributed by atoms with E-state index in [0.29, 0.717) is 21.2 Å². The number of rotatable bonds is 6. The molecule has 0 amide bonds. The van der Waals surface area contributed by atoms with Crippen molar-refractivity contribution in [2.45, 2.75) is 42.0 Å². The number of nitrogens with one attached hydrogen (secondary N) is 2. The molecular weight excluding hydrogens is 372 g/mol. The summed E-state index contributed by atoms with van der Waals surface area (Å²) in [6, 6.07) is 5.40. The van der Waals surface area contributed by atoms with Gasteiger partial charge in [0.05, 0.1) is 4.90 Å². The first-order chi connectivity index (χ1) is 9.97. The van der Waals surface area contributed by atoms with Gasteiger partial charge in [0, 0.05) is 22.3 Å². The molecule has 1 fully saturated rings. The Morgan fingerprint density at radius 3 is 2.76 bits per heavy atom. The highest BCUT2D eigenvalue weighted by Gasteiger charge is 2.31. The van der Waals surface area contributed by atoms with Crippen LogP contribution in [0.5, 0.6) is 0 Å². The summed E-state index contributed by atoms with van der Waals surface area (Å²) in [5.41, 5.74) is 1.05. The van der Waals surface area contributed by atoms with Crippen LogP contribution in [-0.2, 0) is 16.6 Å². The van der Waals surface area contributed by atoms with E-state index in [-0.39, 0.29) is 6.04 Å². The lowest BCUT2D eigenvalue weighted by Crippen LogP contribution is -2.38. The monoisotopic (exact) mass is 392 g/mol. The molecule has 0 aliphatic heterocycles. The molecule has 2 unspecified atom stereocenters.